The molecule has 33 heavy (non-hydrogen) atoms. The molecule has 2 aromatic rings. The van der Waals surface area contributed by atoms with Gasteiger partial charge in [0, 0.05) is 19.0 Å². The summed E-state index contributed by atoms with van der Waals surface area (Å²) in [6.07, 6.45) is -0.677. The molecule has 0 unspecified atom stereocenters. The number of fused-ring (bicyclic) bond motifs is 3. The fraction of sp³-hybridized carbons (Fsp3) is 0.423. The molecular formula is C26H30N2O5. The lowest BCUT2D eigenvalue weighted by molar-refractivity contribution is -0.149. The number of rotatable bonds is 5. The standard InChI is InChI=1S/C26H30N2O5/c1-16-13-28(15-26(16,4)23(30)31)22(29)25(2,3)27-24(32)33-14-21-19-11-7-5-9-17(19)18-10-6-8-12-20(18)21/h5-12,16,21H,13-15H2,1-4H3,(H,27,32)(H,30,31)/t16-,26-/m1/s1. The van der Waals surface area contributed by atoms with E-state index in [1.807, 2.05) is 43.3 Å². The highest BCUT2D eigenvalue weighted by Crippen LogP contribution is 2.44. The lowest BCUT2D eigenvalue weighted by Crippen LogP contribution is -2.56. The van der Waals surface area contributed by atoms with Gasteiger partial charge in [0.05, 0.1) is 5.41 Å². The summed E-state index contributed by atoms with van der Waals surface area (Å²) in [5.41, 5.74) is 2.27. The Balaban J connectivity index is 1.41. The van der Waals surface area contributed by atoms with Crippen LogP contribution in [-0.2, 0) is 14.3 Å². The molecule has 0 spiro atoms. The van der Waals surface area contributed by atoms with Gasteiger partial charge in [-0.15, -0.1) is 0 Å². The normalized spacial score (nSPS) is 21.9. The Kier molecular flexibility index (Phi) is 5.68. The molecule has 0 aromatic heterocycles. The van der Waals surface area contributed by atoms with E-state index in [4.69, 9.17) is 4.74 Å². The fourth-order valence-corrected chi connectivity index (χ4v) is 4.92. The minimum absolute atomic E-state index is 0.0716. The smallest absolute Gasteiger partial charge is 0.408 e. The van der Waals surface area contributed by atoms with Crippen LogP contribution in [0.3, 0.4) is 0 Å². The van der Waals surface area contributed by atoms with Crippen LogP contribution in [-0.4, -0.2) is 53.2 Å². The number of aliphatic carboxylic acids is 1. The van der Waals surface area contributed by atoms with E-state index < -0.39 is 23.0 Å². The van der Waals surface area contributed by atoms with E-state index in [9.17, 15) is 19.5 Å². The van der Waals surface area contributed by atoms with Gasteiger partial charge in [-0.05, 0) is 48.9 Å². The van der Waals surface area contributed by atoms with Crippen molar-refractivity contribution >= 4 is 18.0 Å². The summed E-state index contributed by atoms with van der Waals surface area (Å²) in [5, 5.41) is 12.3. The van der Waals surface area contributed by atoms with E-state index >= 15 is 0 Å². The molecule has 1 heterocycles. The molecule has 1 fully saturated rings. The monoisotopic (exact) mass is 450 g/mol. The summed E-state index contributed by atoms with van der Waals surface area (Å²) in [6, 6.07) is 16.2. The average molecular weight is 451 g/mol. The maximum Gasteiger partial charge on any atom is 0.408 e. The van der Waals surface area contributed by atoms with Crippen LogP contribution in [0.5, 0.6) is 0 Å². The summed E-state index contributed by atoms with van der Waals surface area (Å²) in [4.78, 5) is 39.0. The zero-order valence-electron chi connectivity index (χ0n) is 19.4. The van der Waals surface area contributed by atoms with Gasteiger partial charge in [-0.1, -0.05) is 55.5 Å². The molecule has 7 nitrogen and oxygen atoms in total. The van der Waals surface area contributed by atoms with Gasteiger partial charge >= 0.3 is 12.1 Å². The van der Waals surface area contributed by atoms with E-state index in [0.29, 0.717) is 6.54 Å². The van der Waals surface area contributed by atoms with Crippen molar-refractivity contribution in [3.63, 3.8) is 0 Å². The topological polar surface area (TPSA) is 95.9 Å². The van der Waals surface area contributed by atoms with Crippen LogP contribution >= 0.6 is 0 Å². The second-order valence-electron chi connectivity index (χ2n) is 9.88. The Labute approximate surface area is 193 Å². The lowest BCUT2D eigenvalue weighted by Gasteiger charge is -2.30. The van der Waals surface area contributed by atoms with E-state index in [1.54, 1.807) is 20.8 Å². The summed E-state index contributed by atoms with van der Waals surface area (Å²) in [7, 11) is 0. The Morgan fingerprint density at radius 1 is 1.09 bits per heavy atom. The number of carboxylic acid groups (broad SMARTS) is 1. The largest absolute Gasteiger partial charge is 0.481 e. The molecule has 174 valence electrons. The van der Waals surface area contributed by atoms with Crippen molar-refractivity contribution in [2.75, 3.05) is 19.7 Å². The van der Waals surface area contributed by atoms with Gasteiger partial charge in [-0.25, -0.2) is 4.79 Å². The van der Waals surface area contributed by atoms with Gasteiger partial charge < -0.3 is 20.1 Å². The Hall–Kier alpha value is -3.35. The molecule has 1 saturated heterocycles. The Morgan fingerprint density at radius 3 is 2.15 bits per heavy atom. The molecule has 1 aliphatic carbocycles. The fourth-order valence-electron chi connectivity index (χ4n) is 4.92. The highest BCUT2D eigenvalue weighted by Gasteiger charge is 2.50. The summed E-state index contributed by atoms with van der Waals surface area (Å²) < 4.78 is 5.57. The van der Waals surface area contributed by atoms with E-state index in [1.165, 1.54) is 4.90 Å². The first kappa shape index (κ1) is 22.8. The number of ether oxygens (including phenoxy) is 1. The molecule has 0 radical (unpaired) electrons. The number of benzene rings is 2. The van der Waals surface area contributed by atoms with Gasteiger partial charge in [-0.3, -0.25) is 9.59 Å². The number of likely N-dealkylation sites (tertiary alicyclic amines) is 1. The predicted molar refractivity (Wildman–Crippen MR) is 124 cm³/mol. The number of carboxylic acids is 1. The van der Waals surface area contributed by atoms with Crippen LogP contribution in [0.1, 0.15) is 44.7 Å². The van der Waals surface area contributed by atoms with Gasteiger partial charge in [-0.2, -0.15) is 0 Å². The lowest BCUT2D eigenvalue weighted by atomic mass is 9.81. The van der Waals surface area contributed by atoms with Crippen molar-refractivity contribution in [2.24, 2.45) is 11.3 Å². The summed E-state index contributed by atoms with van der Waals surface area (Å²) >= 11 is 0. The summed E-state index contributed by atoms with van der Waals surface area (Å²) in [5.74, 6) is -1.51. The molecule has 4 rings (SSSR count). The average Bonchev–Trinajstić information content (AvgIpc) is 3.26. The molecule has 7 heteroatoms. The van der Waals surface area contributed by atoms with Crippen LogP contribution < -0.4 is 5.32 Å². The number of hydrogen-bond acceptors (Lipinski definition) is 4. The number of amides is 2. The quantitative estimate of drug-likeness (QED) is 0.721. The van der Waals surface area contributed by atoms with Crippen LogP contribution in [0.2, 0.25) is 0 Å². The number of alkyl carbamates (subject to hydrolysis) is 1. The molecule has 2 amide bonds. The number of carbonyl (C=O) groups is 3. The van der Waals surface area contributed by atoms with E-state index in [0.717, 1.165) is 22.3 Å². The molecular weight excluding hydrogens is 420 g/mol. The van der Waals surface area contributed by atoms with Gasteiger partial charge in [0.15, 0.2) is 0 Å². The van der Waals surface area contributed by atoms with Gasteiger partial charge in [0.2, 0.25) is 5.91 Å². The predicted octanol–water partition coefficient (Wildman–Crippen LogP) is 3.87. The van der Waals surface area contributed by atoms with Crippen molar-refractivity contribution in [1.29, 1.82) is 0 Å². The van der Waals surface area contributed by atoms with Crippen molar-refractivity contribution in [3.05, 3.63) is 59.7 Å². The van der Waals surface area contributed by atoms with Crippen molar-refractivity contribution < 1.29 is 24.2 Å². The van der Waals surface area contributed by atoms with Crippen molar-refractivity contribution in [1.82, 2.24) is 10.2 Å². The first-order valence-electron chi connectivity index (χ1n) is 11.2. The van der Waals surface area contributed by atoms with Crippen LogP contribution in [0, 0.1) is 11.3 Å². The third-order valence-electron chi connectivity index (χ3n) is 7.17. The number of nitrogens with zero attached hydrogens (tertiary/aromatic N) is 1. The minimum atomic E-state index is -1.23. The molecule has 1 aliphatic heterocycles. The van der Waals surface area contributed by atoms with Gasteiger partial charge in [0.1, 0.15) is 12.1 Å². The number of carbonyl (C=O) groups excluding carboxylic acids is 2. The second kappa shape index (κ2) is 8.21. The zero-order chi connectivity index (χ0) is 24.0. The molecule has 0 bridgehead atoms. The molecule has 2 N–H and O–H groups in total. The summed E-state index contributed by atoms with van der Waals surface area (Å²) in [6.45, 7) is 7.29. The van der Waals surface area contributed by atoms with E-state index in [2.05, 4.69) is 17.4 Å². The second-order valence-corrected chi connectivity index (χ2v) is 9.88. The van der Waals surface area contributed by atoms with Gasteiger partial charge in [0.25, 0.3) is 0 Å². The molecule has 2 aromatic carbocycles. The number of nitrogens with one attached hydrogen (secondary N) is 1. The van der Waals surface area contributed by atoms with Crippen LogP contribution in [0.4, 0.5) is 4.79 Å². The molecule has 2 atom stereocenters. The maximum atomic E-state index is 13.1. The molecule has 2 aliphatic rings. The van der Waals surface area contributed by atoms with E-state index in [-0.39, 0.29) is 30.9 Å². The van der Waals surface area contributed by atoms with Crippen LogP contribution in [0.15, 0.2) is 48.5 Å². The first-order valence-corrected chi connectivity index (χ1v) is 11.2. The molecule has 0 saturated carbocycles. The third kappa shape index (κ3) is 3.96. The zero-order valence-corrected chi connectivity index (χ0v) is 19.4. The minimum Gasteiger partial charge on any atom is -0.481 e. The first-order chi connectivity index (χ1) is 15.5. The number of hydrogen-bond donors (Lipinski definition) is 2. The highest BCUT2D eigenvalue weighted by molar-refractivity contribution is 5.90. The van der Waals surface area contributed by atoms with Crippen LogP contribution in [0.25, 0.3) is 11.1 Å². The maximum absolute atomic E-state index is 13.1. The Morgan fingerprint density at radius 2 is 1.64 bits per heavy atom. The SMILES string of the molecule is C[C@@H]1CN(C(=O)C(C)(C)NC(=O)OCC2c3ccccc3-c3ccccc32)C[C@@]1(C)C(=O)O. The van der Waals surface area contributed by atoms with Crippen molar-refractivity contribution in [2.45, 2.75) is 39.2 Å². The Bertz CT molecular complexity index is 1070. The highest BCUT2D eigenvalue weighted by atomic mass is 16.5. The third-order valence-corrected chi connectivity index (χ3v) is 7.17. The van der Waals surface area contributed by atoms with Crippen molar-refractivity contribution in [3.8, 4) is 11.1 Å².